The minimum absolute atomic E-state index is 0.0828. The number of hydrogen-bond acceptors (Lipinski definition) is 4. The van der Waals surface area contributed by atoms with Crippen LogP contribution < -0.4 is 4.90 Å². The molecule has 1 fully saturated rings. The summed E-state index contributed by atoms with van der Waals surface area (Å²) < 4.78 is 80.6. The molecule has 0 saturated carbocycles. The van der Waals surface area contributed by atoms with Crippen LogP contribution in [0.2, 0.25) is 0 Å². The number of likely N-dealkylation sites (tertiary alicyclic amines) is 1. The minimum Gasteiger partial charge on any atom is -0.465 e. The van der Waals surface area contributed by atoms with Gasteiger partial charge in [0.05, 0.1) is 15.6 Å². The number of carboxylic acid groups (broad SMARTS) is 1. The molecular formula is C21H21BrF6N4O2. The lowest BCUT2D eigenvalue weighted by molar-refractivity contribution is -0.143. The normalized spacial score (nSPS) is 21.4. The van der Waals surface area contributed by atoms with Crippen molar-refractivity contribution in [1.82, 2.24) is 14.9 Å². The van der Waals surface area contributed by atoms with Crippen LogP contribution in [0.4, 0.5) is 37.1 Å². The topological polar surface area (TPSA) is 69.6 Å². The molecule has 2 aromatic rings. The molecule has 1 saturated heterocycles. The number of aromatic nitrogens is 2. The molecule has 1 aromatic carbocycles. The van der Waals surface area contributed by atoms with Gasteiger partial charge in [0.15, 0.2) is 0 Å². The number of piperidine rings is 1. The zero-order valence-electron chi connectivity index (χ0n) is 18.0. The third-order valence-electron chi connectivity index (χ3n) is 5.70. The average Bonchev–Trinajstić information content (AvgIpc) is 2.70. The van der Waals surface area contributed by atoms with Crippen LogP contribution in [0.5, 0.6) is 0 Å². The smallest absolute Gasteiger partial charge is 0.416 e. The van der Waals surface area contributed by atoms with Gasteiger partial charge in [0.1, 0.15) is 0 Å². The Balaban J connectivity index is 2.04. The van der Waals surface area contributed by atoms with E-state index in [0.717, 1.165) is 0 Å². The fraction of sp³-hybridized carbons (Fsp3) is 0.476. The van der Waals surface area contributed by atoms with Crippen LogP contribution in [0.15, 0.2) is 35.1 Å². The lowest BCUT2D eigenvalue weighted by Gasteiger charge is -2.45. The van der Waals surface area contributed by atoms with Gasteiger partial charge in [0.25, 0.3) is 0 Å². The highest BCUT2D eigenvalue weighted by Crippen LogP contribution is 2.37. The Bertz CT molecular complexity index is 987. The molecule has 1 aliphatic rings. The standard InChI is InChI=1S/C21H21BrF6N4O2/c1-11-3-17(4-12(2)32(11)19(33)34)31(18-29-8-16(22)9-30-18)10-13-5-14(20(23,24)25)7-15(6-13)21(26,27)28/h5-9,11-12,17H,3-4,10H2,1-2H3,(H,33,34)/t11-,12+,17?. The summed E-state index contributed by atoms with van der Waals surface area (Å²) in [5.41, 5.74) is -3.03. The zero-order chi connectivity index (χ0) is 25.4. The second-order valence-electron chi connectivity index (χ2n) is 8.26. The number of halogens is 7. The van der Waals surface area contributed by atoms with Crippen molar-refractivity contribution in [2.24, 2.45) is 0 Å². The number of alkyl halides is 6. The van der Waals surface area contributed by atoms with E-state index in [1.807, 2.05) is 0 Å². The second kappa shape index (κ2) is 9.59. The number of carbonyl (C=O) groups is 1. The first-order valence-electron chi connectivity index (χ1n) is 10.2. The van der Waals surface area contributed by atoms with Gasteiger partial charge in [0.2, 0.25) is 5.95 Å². The average molecular weight is 555 g/mol. The molecule has 34 heavy (non-hydrogen) atoms. The number of amides is 1. The highest BCUT2D eigenvalue weighted by molar-refractivity contribution is 9.10. The van der Waals surface area contributed by atoms with Crippen LogP contribution in [-0.4, -0.2) is 44.2 Å². The highest BCUT2D eigenvalue weighted by Gasteiger charge is 2.39. The molecule has 0 radical (unpaired) electrons. The van der Waals surface area contributed by atoms with Gasteiger partial charge >= 0.3 is 18.4 Å². The van der Waals surface area contributed by atoms with Crippen LogP contribution in [0.25, 0.3) is 0 Å². The Morgan fingerprint density at radius 2 is 1.50 bits per heavy atom. The molecular weight excluding hydrogens is 534 g/mol. The molecule has 0 bridgehead atoms. The van der Waals surface area contributed by atoms with E-state index in [1.54, 1.807) is 13.8 Å². The van der Waals surface area contributed by atoms with Gasteiger partial charge in [0, 0.05) is 37.1 Å². The lowest BCUT2D eigenvalue weighted by atomic mass is 9.91. The monoisotopic (exact) mass is 554 g/mol. The molecule has 186 valence electrons. The molecule has 3 rings (SSSR count). The maximum atomic E-state index is 13.3. The van der Waals surface area contributed by atoms with Gasteiger partial charge in [-0.2, -0.15) is 26.3 Å². The van der Waals surface area contributed by atoms with Crippen LogP contribution >= 0.6 is 15.9 Å². The first kappa shape index (κ1) is 26.0. The third-order valence-corrected chi connectivity index (χ3v) is 6.11. The van der Waals surface area contributed by atoms with E-state index in [0.29, 0.717) is 29.4 Å². The second-order valence-corrected chi connectivity index (χ2v) is 9.17. The third kappa shape index (κ3) is 5.91. The lowest BCUT2D eigenvalue weighted by Crippen LogP contribution is -2.55. The first-order valence-corrected chi connectivity index (χ1v) is 11.0. The number of nitrogens with zero attached hydrogens (tertiary/aromatic N) is 4. The zero-order valence-corrected chi connectivity index (χ0v) is 19.6. The van der Waals surface area contributed by atoms with Crippen molar-refractivity contribution < 1.29 is 36.2 Å². The molecule has 1 amide bonds. The van der Waals surface area contributed by atoms with Crippen molar-refractivity contribution in [1.29, 1.82) is 0 Å². The fourth-order valence-electron chi connectivity index (χ4n) is 4.30. The van der Waals surface area contributed by atoms with E-state index < -0.39 is 47.7 Å². The summed E-state index contributed by atoms with van der Waals surface area (Å²) in [4.78, 5) is 22.8. The van der Waals surface area contributed by atoms with Crippen molar-refractivity contribution in [2.75, 3.05) is 4.90 Å². The van der Waals surface area contributed by atoms with Crippen molar-refractivity contribution in [3.8, 4) is 0 Å². The van der Waals surface area contributed by atoms with Crippen LogP contribution in [0.3, 0.4) is 0 Å². The predicted molar refractivity (Wildman–Crippen MR) is 114 cm³/mol. The van der Waals surface area contributed by atoms with E-state index in [1.165, 1.54) is 22.2 Å². The first-order chi connectivity index (χ1) is 15.7. The maximum Gasteiger partial charge on any atom is 0.416 e. The summed E-state index contributed by atoms with van der Waals surface area (Å²) in [5.74, 6) is 0.113. The summed E-state index contributed by atoms with van der Waals surface area (Å²) in [6.45, 7) is 3.07. The van der Waals surface area contributed by atoms with Gasteiger partial charge in [-0.05, 0) is 66.4 Å². The number of benzene rings is 1. The summed E-state index contributed by atoms with van der Waals surface area (Å²) >= 11 is 3.20. The fourth-order valence-corrected chi connectivity index (χ4v) is 4.51. The Labute approximate surface area is 199 Å². The van der Waals surface area contributed by atoms with E-state index in [-0.39, 0.29) is 24.1 Å². The molecule has 0 aliphatic carbocycles. The van der Waals surface area contributed by atoms with Crippen LogP contribution in [0.1, 0.15) is 43.4 Å². The predicted octanol–water partition coefficient (Wildman–Crippen LogP) is 6.20. The SMILES string of the molecule is C[C@@H]1CC(N(Cc2cc(C(F)(F)F)cc(C(F)(F)F)c2)c2ncc(Br)cn2)C[C@H](C)N1C(=O)O. The molecule has 1 N–H and O–H groups in total. The molecule has 2 heterocycles. The summed E-state index contributed by atoms with van der Waals surface area (Å²) in [5, 5.41) is 9.47. The van der Waals surface area contributed by atoms with Gasteiger partial charge in [-0.3, -0.25) is 0 Å². The van der Waals surface area contributed by atoms with Gasteiger partial charge in [-0.15, -0.1) is 0 Å². The molecule has 0 spiro atoms. The molecule has 13 heteroatoms. The Kier molecular flexibility index (Phi) is 7.34. The highest BCUT2D eigenvalue weighted by atomic mass is 79.9. The van der Waals surface area contributed by atoms with Crippen LogP contribution in [0, 0.1) is 0 Å². The maximum absolute atomic E-state index is 13.3. The van der Waals surface area contributed by atoms with Crippen molar-refractivity contribution in [3.05, 3.63) is 51.8 Å². The summed E-state index contributed by atoms with van der Waals surface area (Å²) in [7, 11) is 0. The summed E-state index contributed by atoms with van der Waals surface area (Å²) in [6.07, 6.45) is -7.61. The Morgan fingerprint density at radius 1 is 1.03 bits per heavy atom. The van der Waals surface area contributed by atoms with E-state index in [2.05, 4.69) is 25.9 Å². The molecule has 3 atom stereocenters. The van der Waals surface area contributed by atoms with E-state index in [9.17, 15) is 36.2 Å². The van der Waals surface area contributed by atoms with Crippen molar-refractivity contribution >= 4 is 28.0 Å². The van der Waals surface area contributed by atoms with E-state index >= 15 is 0 Å². The minimum atomic E-state index is -4.97. The van der Waals surface area contributed by atoms with E-state index in [4.69, 9.17) is 0 Å². The Morgan fingerprint density at radius 3 is 1.91 bits per heavy atom. The number of hydrogen-bond donors (Lipinski definition) is 1. The van der Waals surface area contributed by atoms with Crippen molar-refractivity contribution in [3.63, 3.8) is 0 Å². The number of rotatable bonds is 4. The molecule has 1 aromatic heterocycles. The van der Waals surface area contributed by atoms with Crippen molar-refractivity contribution in [2.45, 2.75) is 63.7 Å². The van der Waals surface area contributed by atoms with Crippen LogP contribution in [-0.2, 0) is 18.9 Å². The Hall–Kier alpha value is -2.57. The number of anilines is 1. The summed E-state index contributed by atoms with van der Waals surface area (Å²) in [6, 6.07) is 0.152. The largest absolute Gasteiger partial charge is 0.465 e. The molecule has 1 unspecified atom stereocenters. The molecule has 1 aliphatic heterocycles. The van der Waals surface area contributed by atoms with Gasteiger partial charge in [-0.25, -0.2) is 14.8 Å². The van der Waals surface area contributed by atoms with Gasteiger partial charge in [-0.1, -0.05) is 0 Å². The molecule has 6 nitrogen and oxygen atoms in total. The van der Waals surface area contributed by atoms with Gasteiger partial charge < -0.3 is 14.9 Å². The quantitative estimate of drug-likeness (QED) is 0.455.